The van der Waals surface area contributed by atoms with E-state index in [0.717, 1.165) is 5.56 Å². The summed E-state index contributed by atoms with van der Waals surface area (Å²) in [5.41, 5.74) is 3.38. The molecule has 0 bridgehead atoms. The minimum Gasteiger partial charge on any atom is -0.443 e. The van der Waals surface area contributed by atoms with Gasteiger partial charge in [0.2, 0.25) is 0 Å². The molecule has 3 rings (SSSR count). The molecule has 1 heterocycles. The maximum atomic E-state index is 13.8. The van der Waals surface area contributed by atoms with Crippen LogP contribution in [0.3, 0.4) is 0 Å². The number of carbonyl (C=O) groups excluding carboxylic acids is 2. The normalized spacial score (nSPS) is 15.8. The Balaban J connectivity index is 1.94. The number of hydrazine groups is 1. The number of carbonyl (C=O) groups is 2. The second kappa shape index (κ2) is 9.73. The van der Waals surface area contributed by atoms with Crippen LogP contribution in [-0.2, 0) is 14.3 Å². The maximum Gasteiger partial charge on any atom is 0.427 e. The van der Waals surface area contributed by atoms with E-state index < -0.39 is 17.7 Å². The van der Waals surface area contributed by atoms with Crippen LogP contribution in [0.25, 0.3) is 0 Å². The highest BCUT2D eigenvalue weighted by molar-refractivity contribution is 5.99. The van der Waals surface area contributed by atoms with Crippen LogP contribution in [0.4, 0.5) is 10.5 Å². The minimum atomic E-state index is -0.687. The van der Waals surface area contributed by atoms with Crippen LogP contribution in [0.1, 0.15) is 32.4 Å². The van der Waals surface area contributed by atoms with E-state index in [-0.39, 0.29) is 5.91 Å². The number of hydrogen-bond donors (Lipinski definition) is 1. The first kappa shape index (κ1) is 21.8. The molecule has 1 aliphatic heterocycles. The summed E-state index contributed by atoms with van der Waals surface area (Å²) in [6.07, 6.45) is -0.687. The average Bonchev–Trinajstić information content (AvgIpc) is 2.73. The second-order valence-electron chi connectivity index (χ2n) is 8.08. The summed E-state index contributed by atoms with van der Waals surface area (Å²) in [5.74, 6) is -0.264. The number of nitrogens with zero attached hydrogens (tertiary/aromatic N) is 2. The first-order valence-corrected chi connectivity index (χ1v) is 10.1. The van der Waals surface area contributed by atoms with E-state index in [0.29, 0.717) is 32.0 Å². The summed E-state index contributed by atoms with van der Waals surface area (Å²) in [6.45, 7) is 7.70. The summed E-state index contributed by atoms with van der Waals surface area (Å²) < 4.78 is 10.9. The lowest BCUT2D eigenvalue weighted by Crippen LogP contribution is -2.54. The van der Waals surface area contributed by atoms with Crippen molar-refractivity contribution in [2.75, 3.05) is 31.3 Å². The van der Waals surface area contributed by atoms with Crippen molar-refractivity contribution >= 4 is 17.7 Å². The molecule has 1 aliphatic rings. The van der Waals surface area contributed by atoms with Crippen molar-refractivity contribution in [3.05, 3.63) is 66.2 Å². The topological polar surface area (TPSA) is 71.1 Å². The van der Waals surface area contributed by atoms with Crippen LogP contribution in [0.2, 0.25) is 0 Å². The van der Waals surface area contributed by atoms with Crippen molar-refractivity contribution in [1.82, 2.24) is 10.3 Å². The number of morpholine rings is 1. The van der Waals surface area contributed by atoms with Crippen molar-refractivity contribution < 1.29 is 19.1 Å². The maximum absolute atomic E-state index is 13.8. The van der Waals surface area contributed by atoms with Gasteiger partial charge in [0, 0.05) is 13.1 Å². The van der Waals surface area contributed by atoms with Crippen molar-refractivity contribution in [1.29, 1.82) is 0 Å². The fourth-order valence-electron chi connectivity index (χ4n) is 3.32. The third kappa shape index (κ3) is 5.81. The van der Waals surface area contributed by atoms with Crippen molar-refractivity contribution in [3.8, 4) is 0 Å². The van der Waals surface area contributed by atoms with Gasteiger partial charge in [-0.05, 0) is 38.5 Å². The zero-order chi connectivity index (χ0) is 21.6. The first-order chi connectivity index (χ1) is 14.3. The molecule has 0 unspecified atom stereocenters. The molecule has 1 saturated heterocycles. The van der Waals surface area contributed by atoms with Crippen molar-refractivity contribution in [3.63, 3.8) is 0 Å². The zero-order valence-corrected chi connectivity index (χ0v) is 17.7. The molecule has 1 atom stereocenters. The highest BCUT2D eigenvalue weighted by Gasteiger charge is 2.34. The molecule has 0 radical (unpaired) electrons. The number of para-hydroxylation sites is 1. The Morgan fingerprint density at radius 3 is 2.13 bits per heavy atom. The summed E-state index contributed by atoms with van der Waals surface area (Å²) >= 11 is 0. The van der Waals surface area contributed by atoms with E-state index >= 15 is 0 Å². The van der Waals surface area contributed by atoms with Crippen LogP contribution in [0.15, 0.2) is 60.7 Å². The van der Waals surface area contributed by atoms with Crippen molar-refractivity contribution in [2.24, 2.45) is 0 Å². The van der Waals surface area contributed by atoms with Gasteiger partial charge in [-0.25, -0.2) is 15.2 Å². The van der Waals surface area contributed by atoms with Crippen LogP contribution < -0.4 is 10.4 Å². The van der Waals surface area contributed by atoms with E-state index in [9.17, 15) is 9.59 Å². The lowest BCUT2D eigenvalue weighted by molar-refractivity contribution is -0.126. The third-order valence-electron chi connectivity index (χ3n) is 4.60. The van der Waals surface area contributed by atoms with Gasteiger partial charge in [0.25, 0.3) is 5.91 Å². The summed E-state index contributed by atoms with van der Waals surface area (Å²) in [7, 11) is 0. The minimum absolute atomic E-state index is 0.264. The Hall–Kier alpha value is -2.90. The second-order valence-corrected chi connectivity index (χ2v) is 8.08. The number of hydrogen-bond acceptors (Lipinski definition) is 5. The van der Waals surface area contributed by atoms with E-state index in [1.165, 1.54) is 5.01 Å². The highest BCUT2D eigenvalue weighted by atomic mass is 16.6. The van der Waals surface area contributed by atoms with Gasteiger partial charge in [0.1, 0.15) is 11.6 Å². The molecule has 1 fully saturated rings. The number of rotatable bonds is 4. The first-order valence-electron chi connectivity index (χ1n) is 10.1. The molecule has 2 aromatic carbocycles. The Morgan fingerprint density at radius 1 is 1.00 bits per heavy atom. The molecule has 0 saturated carbocycles. The number of anilines is 1. The summed E-state index contributed by atoms with van der Waals surface area (Å²) in [4.78, 5) is 28.4. The van der Waals surface area contributed by atoms with Gasteiger partial charge in [0.05, 0.1) is 18.9 Å². The molecule has 1 N–H and O–H groups in total. The predicted octanol–water partition coefficient (Wildman–Crippen LogP) is 3.53. The summed E-state index contributed by atoms with van der Waals surface area (Å²) in [5, 5.41) is 1.28. The van der Waals surface area contributed by atoms with Gasteiger partial charge in [-0.2, -0.15) is 0 Å². The van der Waals surface area contributed by atoms with Gasteiger partial charge < -0.3 is 9.47 Å². The Kier molecular flexibility index (Phi) is 7.07. The Labute approximate surface area is 177 Å². The van der Waals surface area contributed by atoms with Gasteiger partial charge >= 0.3 is 6.09 Å². The lowest BCUT2D eigenvalue weighted by atomic mass is 10.0. The van der Waals surface area contributed by atoms with Gasteiger partial charge in [0.15, 0.2) is 0 Å². The molecule has 0 spiro atoms. The molecular weight excluding hydrogens is 382 g/mol. The van der Waals surface area contributed by atoms with Crippen LogP contribution >= 0.6 is 0 Å². The molecular formula is C23H29N3O4. The van der Waals surface area contributed by atoms with E-state index in [1.54, 1.807) is 32.9 Å². The molecule has 30 heavy (non-hydrogen) atoms. The smallest absolute Gasteiger partial charge is 0.427 e. The molecule has 2 aromatic rings. The standard InChI is InChI=1S/C23H29N3O4/c1-23(2,3)30-22(28)24-26(19-12-8-5-9-13-19)21(27)20(18-10-6-4-7-11-18)25-14-16-29-17-15-25/h4-13,20H,14-17H2,1-3H3,(H,24,28)/t20-/m1/s1. The number of amides is 2. The van der Waals surface area contributed by atoms with E-state index in [4.69, 9.17) is 9.47 Å². The number of nitrogens with one attached hydrogen (secondary N) is 1. The zero-order valence-electron chi connectivity index (χ0n) is 17.7. The van der Waals surface area contributed by atoms with Crippen LogP contribution in [-0.4, -0.2) is 48.8 Å². The molecule has 2 amide bonds. The number of benzene rings is 2. The van der Waals surface area contributed by atoms with E-state index in [2.05, 4.69) is 10.3 Å². The van der Waals surface area contributed by atoms with E-state index in [1.807, 2.05) is 48.5 Å². The quantitative estimate of drug-likeness (QED) is 0.780. The predicted molar refractivity (Wildman–Crippen MR) is 115 cm³/mol. The molecule has 0 aromatic heterocycles. The fourth-order valence-corrected chi connectivity index (χ4v) is 3.32. The highest BCUT2D eigenvalue weighted by Crippen LogP contribution is 2.26. The molecule has 0 aliphatic carbocycles. The monoisotopic (exact) mass is 411 g/mol. The fraction of sp³-hybridized carbons (Fsp3) is 0.391. The molecule has 160 valence electrons. The van der Waals surface area contributed by atoms with Crippen molar-refractivity contribution in [2.45, 2.75) is 32.4 Å². The molecule has 7 nitrogen and oxygen atoms in total. The average molecular weight is 412 g/mol. The SMILES string of the molecule is CC(C)(C)OC(=O)NN(C(=O)[C@@H](c1ccccc1)N1CCOCC1)c1ccccc1. The Bertz CT molecular complexity index is 831. The van der Waals surface area contributed by atoms with Crippen LogP contribution in [0, 0.1) is 0 Å². The van der Waals surface area contributed by atoms with Crippen LogP contribution in [0.5, 0.6) is 0 Å². The summed E-state index contributed by atoms with van der Waals surface area (Å²) in [6, 6.07) is 18.1. The van der Waals surface area contributed by atoms with Gasteiger partial charge in [-0.3, -0.25) is 9.69 Å². The third-order valence-corrected chi connectivity index (χ3v) is 4.60. The Morgan fingerprint density at radius 2 is 1.57 bits per heavy atom. The molecule has 7 heteroatoms. The largest absolute Gasteiger partial charge is 0.443 e. The number of ether oxygens (including phenoxy) is 2. The van der Waals surface area contributed by atoms with Gasteiger partial charge in [-0.1, -0.05) is 48.5 Å². The van der Waals surface area contributed by atoms with Gasteiger partial charge in [-0.15, -0.1) is 0 Å². The lowest BCUT2D eigenvalue weighted by Gasteiger charge is -2.37.